The Balaban J connectivity index is 1.75. The average Bonchev–Trinajstić information content (AvgIpc) is 2.75. The molecule has 0 amide bonds. The van der Waals surface area contributed by atoms with Gasteiger partial charge in [-0.05, 0) is 60.7 Å². The van der Waals surface area contributed by atoms with E-state index < -0.39 is 0 Å². The summed E-state index contributed by atoms with van der Waals surface area (Å²) in [6, 6.07) is 13.1. The van der Waals surface area contributed by atoms with E-state index in [1.165, 1.54) is 22.4 Å². The minimum atomic E-state index is 0.461. The van der Waals surface area contributed by atoms with Crippen LogP contribution < -0.4 is 5.32 Å². The van der Waals surface area contributed by atoms with Crippen molar-refractivity contribution in [2.24, 2.45) is 0 Å². The Kier molecular flexibility index (Phi) is 3.55. The number of hydrogen-bond acceptors (Lipinski definition) is 1. The van der Waals surface area contributed by atoms with Gasteiger partial charge in [-0.15, -0.1) is 0 Å². The van der Waals surface area contributed by atoms with Crippen LogP contribution in [-0.2, 0) is 12.8 Å². The van der Waals surface area contributed by atoms with Gasteiger partial charge in [-0.3, -0.25) is 0 Å². The van der Waals surface area contributed by atoms with Crippen molar-refractivity contribution < 1.29 is 0 Å². The molecule has 3 rings (SSSR count). The molecule has 2 aromatic carbocycles. The molecule has 3 heteroatoms. The highest BCUT2D eigenvalue weighted by molar-refractivity contribution is 9.10. The summed E-state index contributed by atoms with van der Waals surface area (Å²) < 4.78 is 1.15. The molecule has 0 saturated carbocycles. The third kappa shape index (κ3) is 2.80. The van der Waals surface area contributed by atoms with Gasteiger partial charge in [0.2, 0.25) is 0 Å². The molecule has 0 fully saturated rings. The Bertz CT molecular complexity index is 624. The third-order valence-electron chi connectivity index (χ3n) is 3.64. The summed E-state index contributed by atoms with van der Waals surface area (Å²) in [5, 5.41) is 4.43. The van der Waals surface area contributed by atoms with E-state index in [1.807, 2.05) is 6.07 Å². The molecule has 1 N–H and O–H groups in total. The lowest BCUT2D eigenvalue weighted by molar-refractivity contribution is 0.774. The van der Waals surface area contributed by atoms with Crippen LogP contribution in [0.4, 0.5) is 5.69 Å². The average molecular weight is 337 g/mol. The Labute approximate surface area is 127 Å². The SMILES string of the molecule is Cc1ccc(NC2Cc3ccc(Cl)cc3C2)cc1Br. The summed E-state index contributed by atoms with van der Waals surface area (Å²) in [5.74, 6) is 0. The van der Waals surface area contributed by atoms with Gasteiger partial charge in [-0.1, -0.05) is 39.7 Å². The minimum absolute atomic E-state index is 0.461. The number of anilines is 1. The fourth-order valence-corrected chi connectivity index (χ4v) is 3.18. The summed E-state index contributed by atoms with van der Waals surface area (Å²) >= 11 is 9.62. The lowest BCUT2D eigenvalue weighted by Crippen LogP contribution is -2.19. The van der Waals surface area contributed by atoms with Crippen LogP contribution in [0.15, 0.2) is 40.9 Å². The van der Waals surface area contributed by atoms with Gasteiger partial charge in [0.25, 0.3) is 0 Å². The highest BCUT2D eigenvalue weighted by atomic mass is 79.9. The summed E-state index contributed by atoms with van der Waals surface area (Å²) in [4.78, 5) is 0. The zero-order valence-electron chi connectivity index (χ0n) is 10.7. The van der Waals surface area contributed by atoms with E-state index in [0.29, 0.717) is 6.04 Å². The van der Waals surface area contributed by atoms with Crippen LogP contribution in [0.5, 0.6) is 0 Å². The van der Waals surface area contributed by atoms with Gasteiger partial charge in [0.05, 0.1) is 0 Å². The molecule has 1 unspecified atom stereocenters. The van der Waals surface area contributed by atoms with E-state index >= 15 is 0 Å². The van der Waals surface area contributed by atoms with Gasteiger partial charge < -0.3 is 5.32 Å². The Morgan fingerprint density at radius 3 is 2.68 bits per heavy atom. The maximum atomic E-state index is 6.04. The normalized spacial score (nSPS) is 17.3. The summed E-state index contributed by atoms with van der Waals surface area (Å²) in [6.45, 7) is 2.10. The van der Waals surface area contributed by atoms with E-state index in [0.717, 1.165) is 22.3 Å². The topological polar surface area (TPSA) is 12.0 Å². The number of rotatable bonds is 2. The van der Waals surface area contributed by atoms with Crippen LogP contribution in [0.1, 0.15) is 16.7 Å². The van der Waals surface area contributed by atoms with Crippen molar-refractivity contribution in [1.82, 2.24) is 0 Å². The first-order chi connectivity index (χ1) is 9.11. The lowest BCUT2D eigenvalue weighted by Gasteiger charge is -2.14. The predicted molar refractivity (Wildman–Crippen MR) is 85.1 cm³/mol. The molecule has 0 heterocycles. The molecule has 1 aliphatic carbocycles. The van der Waals surface area contributed by atoms with Crippen molar-refractivity contribution in [2.75, 3.05) is 5.32 Å². The number of fused-ring (bicyclic) bond motifs is 1. The van der Waals surface area contributed by atoms with Gasteiger partial charge in [-0.25, -0.2) is 0 Å². The third-order valence-corrected chi connectivity index (χ3v) is 4.73. The van der Waals surface area contributed by atoms with Gasteiger partial charge in [-0.2, -0.15) is 0 Å². The summed E-state index contributed by atoms with van der Waals surface area (Å²) in [7, 11) is 0. The Morgan fingerprint density at radius 1 is 1.11 bits per heavy atom. The molecular formula is C16H15BrClN. The Hall–Kier alpha value is -0.990. The number of benzene rings is 2. The molecule has 0 saturated heterocycles. The standard InChI is InChI=1S/C16H15BrClN/c1-10-2-5-14(9-16(10)17)19-15-7-11-3-4-13(18)6-12(11)8-15/h2-6,9,15,19H,7-8H2,1H3. The molecule has 0 spiro atoms. The fraction of sp³-hybridized carbons (Fsp3) is 0.250. The van der Waals surface area contributed by atoms with E-state index in [-0.39, 0.29) is 0 Å². The first-order valence-electron chi connectivity index (χ1n) is 6.42. The molecule has 2 aromatic rings. The first kappa shape index (κ1) is 13.0. The second-order valence-electron chi connectivity index (χ2n) is 5.13. The van der Waals surface area contributed by atoms with Crippen molar-refractivity contribution in [3.63, 3.8) is 0 Å². The number of nitrogens with one attached hydrogen (secondary N) is 1. The summed E-state index contributed by atoms with van der Waals surface area (Å²) in [6.07, 6.45) is 2.11. The van der Waals surface area contributed by atoms with Crippen LogP contribution in [0, 0.1) is 6.92 Å². The van der Waals surface area contributed by atoms with Gasteiger partial charge in [0.1, 0.15) is 0 Å². The number of halogens is 2. The maximum Gasteiger partial charge on any atom is 0.0408 e. The maximum absolute atomic E-state index is 6.04. The smallest absolute Gasteiger partial charge is 0.0408 e. The van der Waals surface area contributed by atoms with Crippen LogP contribution in [-0.4, -0.2) is 6.04 Å². The van der Waals surface area contributed by atoms with Crippen molar-refractivity contribution in [1.29, 1.82) is 0 Å². The zero-order valence-corrected chi connectivity index (χ0v) is 13.1. The second-order valence-corrected chi connectivity index (χ2v) is 6.42. The molecule has 0 radical (unpaired) electrons. The summed E-state index contributed by atoms with van der Waals surface area (Å²) in [5.41, 5.74) is 5.21. The molecule has 0 bridgehead atoms. The molecule has 98 valence electrons. The molecule has 0 aliphatic heterocycles. The van der Waals surface area contributed by atoms with Crippen molar-refractivity contribution >= 4 is 33.2 Å². The second kappa shape index (κ2) is 5.18. The monoisotopic (exact) mass is 335 g/mol. The number of aryl methyl sites for hydroxylation is 1. The molecular weight excluding hydrogens is 322 g/mol. The van der Waals surface area contributed by atoms with Crippen LogP contribution in [0.3, 0.4) is 0 Å². The largest absolute Gasteiger partial charge is 0.382 e. The first-order valence-corrected chi connectivity index (χ1v) is 7.59. The van der Waals surface area contributed by atoms with Gasteiger partial charge in [0.15, 0.2) is 0 Å². The van der Waals surface area contributed by atoms with E-state index in [2.05, 4.69) is 58.5 Å². The minimum Gasteiger partial charge on any atom is -0.382 e. The van der Waals surface area contributed by atoms with E-state index in [4.69, 9.17) is 11.6 Å². The van der Waals surface area contributed by atoms with Crippen LogP contribution in [0.25, 0.3) is 0 Å². The molecule has 1 nitrogen and oxygen atoms in total. The quantitative estimate of drug-likeness (QED) is 0.814. The molecule has 1 atom stereocenters. The lowest BCUT2D eigenvalue weighted by atomic mass is 10.1. The zero-order chi connectivity index (χ0) is 13.4. The predicted octanol–water partition coefficient (Wildman–Crippen LogP) is 4.99. The van der Waals surface area contributed by atoms with Gasteiger partial charge in [0, 0.05) is 21.2 Å². The van der Waals surface area contributed by atoms with Crippen LogP contribution >= 0.6 is 27.5 Å². The highest BCUT2D eigenvalue weighted by Crippen LogP contribution is 2.28. The number of hydrogen-bond donors (Lipinski definition) is 1. The molecule has 19 heavy (non-hydrogen) atoms. The Morgan fingerprint density at radius 2 is 1.89 bits per heavy atom. The van der Waals surface area contributed by atoms with Crippen molar-refractivity contribution in [2.45, 2.75) is 25.8 Å². The van der Waals surface area contributed by atoms with E-state index in [9.17, 15) is 0 Å². The highest BCUT2D eigenvalue weighted by Gasteiger charge is 2.21. The van der Waals surface area contributed by atoms with Gasteiger partial charge >= 0.3 is 0 Å². The van der Waals surface area contributed by atoms with E-state index in [1.54, 1.807) is 0 Å². The molecule has 0 aromatic heterocycles. The van der Waals surface area contributed by atoms with Crippen molar-refractivity contribution in [3.05, 3.63) is 62.6 Å². The van der Waals surface area contributed by atoms with Crippen LogP contribution in [0.2, 0.25) is 5.02 Å². The van der Waals surface area contributed by atoms with Crippen molar-refractivity contribution in [3.8, 4) is 0 Å². The molecule has 1 aliphatic rings. The fourth-order valence-electron chi connectivity index (χ4n) is 2.61.